The molecule has 0 fully saturated rings. The number of carbonyl (C=O) groups is 2. The van der Waals surface area contributed by atoms with E-state index in [0.29, 0.717) is 5.02 Å². The number of nitrogens with one attached hydrogen (secondary N) is 2. The van der Waals surface area contributed by atoms with Gasteiger partial charge in [-0.25, -0.2) is 9.59 Å². The number of ether oxygens (including phenoxy) is 2. The molecule has 7 nitrogen and oxygen atoms in total. The Balaban J connectivity index is 2.48. The van der Waals surface area contributed by atoms with E-state index in [1.54, 1.807) is 12.1 Å². The number of hydrogen-bond acceptors (Lipinski definition) is 4. The Hall–Kier alpha value is -2.67. The molecule has 140 valence electrons. The number of hydrogen-bond donors (Lipinski definition) is 2. The van der Waals surface area contributed by atoms with Gasteiger partial charge in [-0.3, -0.25) is 0 Å². The van der Waals surface area contributed by atoms with Crippen LogP contribution in [0.1, 0.15) is 16.8 Å². The smallest absolute Gasteiger partial charge is 0.407 e. The fourth-order valence-electron chi connectivity index (χ4n) is 2.68. The topological polar surface area (TPSA) is 81.6 Å². The Morgan fingerprint density at radius 1 is 1.00 bits per heavy atom. The molecule has 1 aromatic heterocycles. The Bertz CT molecular complexity index is 800. The maximum atomic E-state index is 11.5. The summed E-state index contributed by atoms with van der Waals surface area (Å²) in [4.78, 5) is 23.0. The molecule has 0 unspecified atom stereocenters. The fraction of sp³-hybridized carbons (Fsp3) is 0.333. The van der Waals surface area contributed by atoms with Gasteiger partial charge in [-0.05, 0) is 24.6 Å². The highest BCUT2D eigenvalue weighted by atomic mass is 35.5. The second-order valence-electron chi connectivity index (χ2n) is 5.61. The summed E-state index contributed by atoms with van der Waals surface area (Å²) >= 11 is 5.99. The highest BCUT2D eigenvalue weighted by Crippen LogP contribution is 2.32. The van der Waals surface area contributed by atoms with Gasteiger partial charge in [-0.1, -0.05) is 23.7 Å². The lowest BCUT2D eigenvalue weighted by Crippen LogP contribution is -2.20. The van der Waals surface area contributed by atoms with Crippen molar-refractivity contribution in [3.63, 3.8) is 0 Å². The predicted octanol–water partition coefficient (Wildman–Crippen LogP) is 3.37. The summed E-state index contributed by atoms with van der Waals surface area (Å²) in [6.07, 6.45) is -1.06. The van der Waals surface area contributed by atoms with Crippen LogP contribution in [-0.4, -0.2) is 30.8 Å². The molecule has 0 bridgehead atoms. The van der Waals surface area contributed by atoms with E-state index in [1.807, 2.05) is 30.7 Å². The molecule has 26 heavy (non-hydrogen) atoms. The van der Waals surface area contributed by atoms with Crippen molar-refractivity contribution < 1.29 is 19.1 Å². The van der Waals surface area contributed by atoms with E-state index < -0.39 is 12.2 Å². The average Bonchev–Trinajstić information content (AvgIpc) is 2.88. The van der Waals surface area contributed by atoms with Crippen molar-refractivity contribution in [3.8, 4) is 11.3 Å². The first-order valence-corrected chi connectivity index (χ1v) is 8.38. The average molecular weight is 380 g/mol. The molecule has 0 saturated carbocycles. The third-order valence-corrected chi connectivity index (χ3v) is 4.40. The summed E-state index contributed by atoms with van der Waals surface area (Å²) in [6.45, 7) is 2.04. The molecule has 0 aliphatic heterocycles. The summed E-state index contributed by atoms with van der Waals surface area (Å²) < 4.78 is 12.5. The highest BCUT2D eigenvalue weighted by molar-refractivity contribution is 6.30. The minimum atomic E-state index is -0.535. The monoisotopic (exact) mass is 379 g/mol. The van der Waals surface area contributed by atoms with Crippen LogP contribution in [0.15, 0.2) is 24.3 Å². The Labute approximate surface area is 157 Å². The van der Waals surface area contributed by atoms with E-state index >= 15 is 0 Å². The van der Waals surface area contributed by atoms with Crippen molar-refractivity contribution in [2.24, 2.45) is 7.05 Å². The third-order valence-electron chi connectivity index (χ3n) is 4.15. The van der Waals surface area contributed by atoms with Crippen LogP contribution < -0.4 is 10.6 Å². The number of benzene rings is 1. The van der Waals surface area contributed by atoms with Crippen LogP contribution in [0.2, 0.25) is 5.02 Å². The SMILES string of the molecule is CNC(=O)OCc1c(COC(=O)NC)c(-c2ccc(Cl)cc2)n(C)c1C. The molecule has 1 heterocycles. The zero-order valence-corrected chi connectivity index (χ0v) is 15.9. The van der Waals surface area contributed by atoms with Crippen molar-refractivity contribution in [3.05, 3.63) is 46.1 Å². The molecule has 0 radical (unpaired) electrons. The minimum Gasteiger partial charge on any atom is -0.445 e. The van der Waals surface area contributed by atoms with E-state index in [0.717, 1.165) is 28.1 Å². The maximum Gasteiger partial charge on any atom is 0.407 e. The van der Waals surface area contributed by atoms with Crippen molar-refractivity contribution in [1.29, 1.82) is 0 Å². The minimum absolute atomic E-state index is 0.0474. The Morgan fingerprint density at radius 3 is 2.00 bits per heavy atom. The van der Waals surface area contributed by atoms with Gasteiger partial charge >= 0.3 is 12.2 Å². The third kappa shape index (κ3) is 4.29. The molecule has 2 amide bonds. The molecule has 2 rings (SSSR count). The maximum absolute atomic E-state index is 11.5. The van der Waals surface area contributed by atoms with Crippen LogP contribution >= 0.6 is 11.6 Å². The number of carbonyl (C=O) groups excluding carboxylic acids is 2. The summed E-state index contributed by atoms with van der Waals surface area (Å²) in [7, 11) is 4.90. The van der Waals surface area contributed by atoms with Crippen molar-refractivity contribution in [2.75, 3.05) is 14.1 Å². The Kier molecular flexibility index (Phi) is 6.52. The first kappa shape index (κ1) is 19.7. The molecule has 0 spiro atoms. The molecule has 0 saturated heterocycles. The number of amides is 2. The van der Waals surface area contributed by atoms with Gasteiger partial charge in [0.05, 0.1) is 5.69 Å². The second kappa shape index (κ2) is 8.62. The molecule has 0 aliphatic rings. The lowest BCUT2D eigenvalue weighted by Gasteiger charge is -2.11. The van der Waals surface area contributed by atoms with Gasteiger partial charge in [0.25, 0.3) is 0 Å². The largest absolute Gasteiger partial charge is 0.445 e. The lowest BCUT2D eigenvalue weighted by molar-refractivity contribution is 0.134. The Morgan fingerprint density at radius 2 is 1.50 bits per heavy atom. The summed E-state index contributed by atoms with van der Waals surface area (Å²) in [5.74, 6) is 0. The fourth-order valence-corrected chi connectivity index (χ4v) is 2.80. The first-order valence-electron chi connectivity index (χ1n) is 8.01. The number of alkyl carbamates (subject to hydrolysis) is 2. The number of nitrogens with zero attached hydrogens (tertiary/aromatic N) is 1. The molecule has 0 aliphatic carbocycles. The molecular weight excluding hydrogens is 358 g/mol. The van der Waals surface area contributed by atoms with Crippen LogP contribution in [0, 0.1) is 6.92 Å². The predicted molar refractivity (Wildman–Crippen MR) is 99.1 cm³/mol. The molecular formula is C18H22ClN3O4. The molecule has 2 aromatic rings. The van der Waals surface area contributed by atoms with E-state index in [9.17, 15) is 9.59 Å². The number of halogens is 1. The first-order chi connectivity index (χ1) is 12.4. The highest BCUT2D eigenvalue weighted by Gasteiger charge is 2.22. The zero-order valence-electron chi connectivity index (χ0n) is 15.2. The molecule has 8 heteroatoms. The van der Waals surface area contributed by atoms with Gasteiger partial charge in [-0.15, -0.1) is 0 Å². The van der Waals surface area contributed by atoms with E-state index in [2.05, 4.69) is 10.6 Å². The standard InChI is InChI=1S/C18H22ClN3O4/c1-11-14(9-25-17(23)20-2)15(10-26-18(24)21-3)16(22(11)4)12-5-7-13(19)8-6-12/h5-8H,9-10H2,1-4H3,(H,20,23)(H,21,24). The van der Waals surface area contributed by atoms with E-state index in [1.165, 1.54) is 14.1 Å². The van der Waals surface area contributed by atoms with Crippen molar-refractivity contribution >= 4 is 23.8 Å². The second-order valence-corrected chi connectivity index (χ2v) is 6.05. The van der Waals surface area contributed by atoms with Gasteiger partial charge in [0.2, 0.25) is 0 Å². The van der Waals surface area contributed by atoms with Gasteiger partial charge in [0, 0.05) is 43.0 Å². The van der Waals surface area contributed by atoms with Crippen LogP contribution in [0.3, 0.4) is 0 Å². The molecule has 1 aromatic carbocycles. The normalized spacial score (nSPS) is 10.3. The van der Waals surface area contributed by atoms with E-state index in [-0.39, 0.29) is 13.2 Å². The lowest BCUT2D eigenvalue weighted by atomic mass is 10.0. The van der Waals surface area contributed by atoms with Crippen LogP contribution in [-0.2, 0) is 29.7 Å². The zero-order chi connectivity index (χ0) is 19.3. The number of aromatic nitrogens is 1. The summed E-state index contributed by atoms with van der Waals surface area (Å²) in [6, 6.07) is 7.38. The van der Waals surface area contributed by atoms with Crippen molar-refractivity contribution in [2.45, 2.75) is 20.1 Å². The number of rotatable bonds is 5. The van der Waals surface area contributed by atoms with Crippen LogP contribution in [0.4, 0.5) is 9.59 Å². The van der Waals surface area contributed by atoms with Gasteiger partial charge in [0.15, 0.2) is 0 Å². The van der Waals surface area contributed by atoms with Crippen LogP contribution in [0.25, 0.3) is 11.3 Å². The van der Waals surface area contributed by atoms with Gasteiger partial charge < -0.3 is 24.7 Å². The quantitative estimate of drug-likeness (QED) is 0.834. The molecule has 2 N–H and O–H groups in total. The van der Waals surface area contributed by atoms with Gasteiger partial charge in [0.1, 0.15) is 13.2 Å². The van der Waals surface area contributed by atoms with Crippen molar-refractivity contribution in [1.82, 2.24) is 15.2 Å². The van der Waals surface area contributed by atoms with Crippen LogP contribution in [0.5, 0.6) is 0 Å². The molecule has 0 atom stereocenters. The summed E-state index contributed by atoms with van der Waals surface area (Å²) in [5.41, 5.74) is 4.28. The summed E-state index contributed by atoms with van der Waals surface area (Å²) in [5, 5.41) is 5.47. The van der Waals surface area contributed by atoms with E-state index in [4.69, 9.17) is 21.1 Å². The van der Waals surface area contributed by atoms with Gasteiger partial charge in [-0.2, -0.15) is 0 Å².